The van der Waals surface area contributed by atoms with E-state index in [1.54, 1.807) is 13.8 Å². The fraction of sp³-hybridized carbons (Fsp3) is 0.364. The Balaban J connectivity index is 2.98. The summed E-state index contributed by atoms with van der Waals surface area (Å²) < 4.78 is 40.8. The molecule has 0 unspecified atom stereocenters. The molecule has 0 aliphatic rings. The zero-order valence-corrected chi connectivity index (χ0v) is 9.48. The van der Waals surface area contributed by atoms with E-state index in [0.717, 1.165) is 0 Å². The first-order chi connectivity index (χ1) is 7.70. The van der Waals surface area contributed by atoms with Crippen LogP contribution in [-0.4, -0.2) is 18.6 Å². The van der Waals surface area contributed by atoms with Crippen LogP contribution in [0.1, 0.15) is 16.7 Å². The van der Waals surface area contributed by atoms with Crippen molar-refractivity contribution in [3.05, 3.63) is 28.8 Å². The van der Waals surface area contributed by atoms with Gasteiger partial charge in [-0.3, -0.25) is 5.41 Å². The highest BCUT2D eigenvalue weighted by molar-refractivity contribution is 5.95. The topological polar surface area (TPSA) is 59.1 Å². The molecule has 17 heavy (non-hydrogen) atoms. The molecule has 1 aromatic rings. The number of halogens is 3. The van der Waals surface area contributed by atoms with E-state index in [4.69, 9.17) is 15.9 Å². The van der Waals surface area contributed by atoms with Crippen LogP contribution in [0.25, 0.3) is 0 Å². The summed E-state index contributed by atoms with van der Waals surface area (Å²) in [5.41, 5.74) is 6.83. The number of benzene rings is 1. The molecule has 1 aromatic carbocycles. The number of nitrogens with one attached hydrogen (secondary N) is 1. The number of ether oxygens (including phenoxy) is 1. The Morgan fingerprint density at radius 3 is 2.12 bits per heavy atom. The zero-order chi connectivity index (χ0) is 13.2. The molecule has 1 rings (SSSR count). The molecule has 0 bridgehead atoms. The Labute approximate surface area is 96.9 Å². The lowest BCUT2D eigenvalue weighted by molar-refractivity contribution is -0.153. The van der Waals surface area contributed by atoms with Crippen molar-refractivity contribution in [1.29, 1.82) is 5.41 Å². The van der Waals surface area contributed by atoms with Crippen molar-refractivity contribution in [2.24, 2.45) is 5.73 Å². The number of rotatable bonds is 3. The Kier molecular flexibility index (Phi) is 3.65. The molecule has 0 spiro atoms. The number of alkyl halides is 3. The van der Waals surface area contributed by atoms with E-state index in [2.05, 4.69) is 0 Å². The minimum absolute atomic E-state index is 0.126. The van der Waals surface area contributed by atoms with Crippen molar-refractivity contribution in [3.63, 3.8) is 0 Å². The van der Waals surface area contributed by atoms with Crippen molar-refractivity contribution in [2.45, 2.75) is 20.0 Å². The molecule has 0 amide bonds. The normalized spacial score (nSPS) is 11.4. The number of hydrogen-bond donors (Lipinski definition) is 2. The highest BCUT2D eigenvalue weighted by atomic mass is 19.4. The minimum atomic E-state index is -4.36. The highest BCUT2D eigenvalue weighted by Gasteiger charge is 2.29. The first-order valence-electron chi connectivity index (χ1n) is 4.86. The average molecular weight is 246 g/mol. The van der Waals surface area contributed by atoms with E-state index in [1.165, 1.54) is 12.1 Å². The van der Waals surface area contributed by atoms with Gasteiger partial charge >= 0.3 is 6.18 Å². The van der Waals surface area contributed by atoms with Gasteiger partial charge in [-0.25, -0.2) is 0 Å². The molecule has 0 heterocycles. The smallest absolute Gasteiger partial charge is 0.422 e. The van der Waals surface area contributed by atoms with E-state index in [-0.39, 0.29) is 11.6 Å². The summed E-state index contributed by atoms with van der Waals surface area (Å²) in [5, 5.41) is 7.26. The van der Waals surface area contributed by atoms with Crippen molar-refractivity contribution < 1.29 is 17.9 Å². The fourth-order valence-corrected chi connectivity index (χ4v) is 1.49. The summed E-state index contributed by atoms with van der Waals surface area (Å²) in [7, 11) is 0. The van der Waals surface area contributed by atoms with Gasteiger partial charge in [0, 0.05) is 5.56 Å². The molecule has 0 saturated heterocycles. The average Bonchev–Trinajstić information content (AvgIpc) is 2.14. The van der Waals surface area contributed by atoms with E-state index in [1.807, 2.05) is 0 Å². The van der Waals surface area contributed by atoms with Crippen LogP contribution in [-0.2, 0) is 0 Å². The van der Waals surface area contributed by atoms with Crippen molar-refractivity contribution >= 4 is 5.84 Å². The Hall–Kier alpha value is -1.72. The van der Waals surface area contributed by atoms with E-state index in [9.17, 15) is 13.2 Å². The van der Waals surface area contributed by atoms with E-state index >= 15 is 0 Å². The number of aryl methyl sites for hydroxylation is 2. The van der Waals surface area contributed by atoms with Crippen LogP contribution in [0.4, 0.5) is 13.2 Å². The molecule has 0 saturated carbocycles. The number of hydrogen-bond acceptors (Lipinski definition) is 2. The lowest BCUT2D eigenvalue weighted by atomic mass is 10.1. The van der Waals surface area contributed by atoms with Gasteiger partial charge in [-0.15, -0.1) is 0 Å². The maximum Gasteiger partial charge on any atom is 0.422 e. The Bertz CT molecular complexity index is 418. The second-order valence-electron chi connectivity index (χ2n) is 3.76. The molecule has 0 fully saturated rings. The van der Waals surface area contributed by atoms with Gasteiger partial charge in [0.1, 0.15) is 11.6 Å². The van der Waals surface area contributed by atoms with Crippen LogP contribution in [0.3, 0.4) is 0 Å². The van der Waals surface area contributed by atoms with E-state index in [0.29, 0.717) is 16.7 Å². The molecular weight excluding hydrogens is 233 g/mol. The summed E-state index contributed by atoms with van der Waals surface area (Å²) >= 11 is 0. The van der Waals surface area contributed by atoms with Crippen LogP contribution in [0, 0.1) is 19.3 Å². The van der Waals surface area contributed by atoms with Gasteiger partial charge in [-0.1, -0.05) is 0 Å². The molecule has 6 heteroatoms. The SMILES string of the molecule is Cc1cc(C(=N)N)cc(C)c1OCC(F)(F)F. The largest absolute Gasteiger partial charge is 0.484 e. The quantitative estimate of drug-likeness (QED) is 0.636. The molecule has 94 valence electrons. The third kappa shape index (κ3) is 3.65. The third-order valence-electron chi connectivity index (χ3n) is 2.15. The van der Waals surface area contributed by atoms with Gasteiger partial charge in [0.25, 0.3) is 0 Å². The van der Waals surface area contributed by atoms with Gasteiger partial charge in [-0.2, -0.15) is 13.2 Å². The lowest BCUT2D eigenvalue weighted by Crippen LogP contribution is -2.20. The maximum absolute atomic E-state index is 12.0. The summed E-state index contributed by atoms with van der Waals surface area (Å²) in [4.78, 5) is 0. The summed E-state index contributed by atoms with van der Waals surface area (Å²) in [5.74, 6) is 0.0610. The molecule has 0 radical (unpaired) electrons. The summed E-state index contributed by atoms with van der Waals surface area (Å²) in [6.07, 6.45) is -4.36. The second kappa shape index (κ2) is 4.65. The predicted molar refractivity (Wildman–Crippen MR) is 58.5 cm³/mol. The predicted octanol–water partition coefficient (Wildman–Crippen LogP) is 2.53. The van der Waals surface area contributed by atoms with Crippen LogP contribution >= 0.6 is 0 Å². The van der Waals surface area contributed by atoms with Crippen LogP contribution < -0.4 is 10.5 Å². The standard InChI is InChI=1S/C11H13F3N2O/c1-6-3-8(10(15)16)4-7(2)9(6)17-5-11(12,13)14/h3-4H,5H2,1-2H3,(H3,15,16). The number of nitrogens with two attached hydrogens (primary N) is 1. The molecular formula is C11H13F3N2O. The fourth-order valence-electron chi connectivity index (χ4n) is 1.49. The maximum atomic E-state index is 12.0. The minimum Gasteiger partial charge on any atom is -0.484 e. The summed E-state index contributed by atoms with van der Waals surface area (Å²) in [6.45, 7) is 1.91. The monoisotopic (exact) mass is 246 g/mol. The van der Waals surface area contributed by atoms with Gasteiger partial charge < -0.3 is 10.5 Å². The third-order valence-corrected chi connectivity index (χ3v) is 2.15. The van der Waals surface area contributed by atoms with E-state index < -0.39 is 12.8 Å². The molecule has 3 N–H and O–H groups in total. The van der Waals surface area contributed by atoms with Gasteiger partial charge in [-0.05, 0) is 37.1 Å². The van der Waals surface area contributed by atoms with Crippen molar-refractivity contribution in [3.8, 4) is 5.75 Å². The van der Waals surface area contributed by atoms with Crippen molar-refractivity contribution in [2.75, 3.05) is 6.61 Å². The van der Waals surface area contributed by atoms with Crippen LogP contribution in [0.15, 0.2) is 12.1 Å². The first kappa shape index (κ1) is 13.3. The molecule has 0 aliphatic heterocycles. The molecule has 0 aliphatic carbocycles. The molecule has 3 nitrogen and oxygen atoms in total. The Morgan fingerprint density at radius 1 is 1.29 bits per heavy atom. The second-order valence-corrected chi connectivity index (χ2v) is 3.76. The summed E-state index contributed by atoms with van der Waals surface area (Å²) in [6, 6.07) is 3.06. The van der Waals surface area contributed by atoms with Gasteiger partial charge in [0.2, 0.25) is 0 Å². The zero-order valence-electron chi connectivity index (χ0n) is 9.48. The Morgan fingerprint density at radius 2 is 1.76 bits per heavy atom. The highest BCUT2D eigenvalue weighted by Crippen LogP contribution is 2.26. The molecule has 0 aromatic heterocycles. The number of amidine groups is 1. The van der Waals surface area contributed by atoms with Crippen LogP contribution in [0.2, 0.25) is 0 Å². The van der Waals surface area contributed by atoms with Gasteiger partial charge in [0.15, 0.2) is 6.61 Å². The van der Waals surface area contributed by atoms with Crippen LogP contribution in [0.5, 0.6) is 5.75 Å². The van der Waals surface area contributed by atoms with Crippen molar-refractivity contribution in [1.82, 2.24) is 0 Å². The number of nitrogen functional groups attached to an aromatic ring is 1. The first-order valence-corrected chi connectivity index (χ1v) is 4.86. The lowest BCUT2D eigenvalue weighted by Gasteiger charge is -2.15. The van der Waals surface area contributed by atoms with Gasteiger partial charge in [0.05, 0.1) is 0 Å². The molecule has 0 atom stereocenters.